The van der Waals surface area contributed by atoms with Gasteiger partial charge in [0.15, 0.2) is 0 Å². The predicted molar refractivity (Wildman–Crippen MR) is 95.5 cm³/mol. The van der Waals surface area contributed by atoms with E-state index in [1.807, 2.05) is 13.8 Å². The molecule has 1 aromatic carbocycles. The minimum absolute atomic E-state index is 0. The summed E-state index contributed by atoms with van der Waals surface area (Å²) in [5.74, 6) is -0.317. The molecule has 7 nitrogen and oxygen atoms in total. The first-order valence-electron chi connectivity index (χ1n) is 7.29. The summed E-state index contributed by atoms with van der Waals surface area (Å²) in [4.78, 5) is 11.9. The lowest BCUT2D eigenvalue weighted by molar-refractivity contribution is -0.123. The lowest BCUT2D eigenvalue weighted by Gasteiger charge is -2.21. The van der Waals surface area contributed by atoms with Crippen LogP contribution in [-0.4, -0.2) is 51.5 Å². The number of carbonyl (C=O) groups excluding carboxylic acids is 1. The van der Waals surface area contributed by atoms with E-state index in [1.165, 1.54) is 23.5 Å². The Morgan fingerprint density at radius 2 is 1.83 bits per heavy atom. The average Bonchev–Trinajstić information content (AvgIpc) is 2.52. The molecule has 0 saturated carbocycles. The number of hydrogen-bond acceptors (Lipinski definition) is 5. The van der Waals surface area contributed by atoms with Crippen LogP contribution in [0.25, 0.3) is 0 Å². The number of halogens is 1. The highest BCUT2D eigenvalue weighted by Crippen LogP contribution is 2.17. The van der Waals surface area contributed by atoms with Gasteiger partial charge in [-0.2, -0.15) is 4.31 Å². The number of amides is 1. The van der Waals surface area contributed by atoms with Crippen molar-refractivity contribution in [1.29, 1.82) is 0 Å². The fourth-order valence-corrected chi connectivity index (χ4v) is 3.17. The van der Waals surface area contributed by atoms with E-state index >= 15 is 0 Å². The van der Waals surface area contributed by atoms with Crippen molar-refractivity contribution in [3.63, 3.8) is 0 Å². The van der Waals surface area contributed by atoms with Gasteiger partial charge in [0.2, 0.25) is 15.9 Å². The molecule has 1 rings (SSSR count). The second-order valence-corrected chi connectivity index (χ2v) is 7.54. The minimum Gasteiger partial charge on any atom is -0.383 e. The molecule has 0 radical (unpaired) electrons. The van der Waals surface area contributed by atoms with E-state index in [0.29, 0.717) is 0 Å². The van der Waals surface area contributed by atoms with Crippen LogP contribution in [0.3, 0.4) is 0 Å². The highest BCUT2D eigenvalue weighted by molar-refractivity contribution is 7.89. The predicted octanol–water partition coefficient (Wildman–Crippen LogP) is 0.727. The lowest BCUT2D eigenvalue weighted by atomic mass is 10.2. The molecule has 0 aliphatic heterocycles. The molecule has 0 aliphatic rings. The number of nitrogens with two attached hydrogens (primary N) is 1. The Kier molecular flexibility index (Phi) is 9.46. The van der Waals surface area contributed by atoms with Gasteiger partial charge >= 0.3 is 0 Å². The molecule has 0 saturated heterocycles. The Balaban J connectivity index is 0.00000529. The number of hydrogen-bond donors (Lipinski definition) is 2. The van der Waals surface area contributed by atoms with Gasteiger partial charge in [-0.3, -0.25) is 4.79 Å². The molecule has 138 valence electrons. The third-order valence-electron chi connectivity index (χ3n) is 3.48. The van der Waals surface area contributed by atoms with Gasteiger partial charge < -0.3 is 15.8 Å². The number of carbonyl (C=O) groups is 1. The molecule has 0 heterocycles. The summed E-state index contributed by atoms with van der Waals surface area (Å²) >= 11 is 0. The molecule has 0 fully saturated rings. The second-order valence-electron chi connectivity index (χ2n) is 5.54. The Labute approximate surface area is 150 Å². The Bertz CT molecular complexity index is 620. The fraction of sp³-hybridized carbons (Fsp3) is 0.533. The van der Waals surface area contributed by atoms with Gasteiger partial charge in [-0.25, -0.2) is 8.42 Å². The summed E-state index contributed by atoms with van der Waals surface area (Å²) < 4.78 is 30.8. The van der Waals surface area contributed by atoms with Crippen LogP contribution in [0, 0.1) is 0 Å². The lowest BCUT2D eigenvalue weighted by Crippen LogP contribution is -2.43. The van der Waals surface area contributed by atoms with E-state index in [2.05, 4.69) is 5.32 Å². The number of ether oxygens (including phenoxy) is 1. The van der Waals surface area contributed by atoms with E-state index < -0.39 is 16.1 Å². The molecular formula is C15H26ClN3O4S. The number of methoxy groups -OCH3 is 1. The molecule has 1 atom stereocenters. The zero-order chi connectivity index (χ0) is 17.6. The maximum atomic E-state index is 12.3. The van der Waals surface area contributed by atoms with E-state index in [0.717, 1.165) is 5.56 Å². The maximum Gasteiger partial charge on any atom is 0.243 e. The molecule has 1 amide bonds. The summed E-state index contributed by atoms with van der Waals surface area (Å²) in [5, 5.41) is 2.68. The molecule has 24 heavy (non-hydrogen) atoms. The van der Waals surface area contributed by atoms with Crippen molar-refractivity contribution in [1.82, 2.24) is 9.62 Å². The number of nitrogens with one attached hydrogen (secondary N) is 1. The molecule has 0 spiro atoms. The summed E-state index contributed by atoms with van der Waals surface area (Å²) in [7, 11) is -0.478. The van der Waals surface area contributed by atoms with Crippen molar-refractivity contribution in [2.24, 2.45) is 5.73 Å². The minimum atomic E-state index is -3.50. The SMILES string of the molecule is COCC(N)C(=O)NCc1ccc(S(=O)(=O)N(C)C(C)C)cc1.Cl. The van der Waals surface area contributed by atoms with Gasteiger partial charge in [-0.1, -0.05) is 12.1 Å². The maximum absolute atomic E-state index is 12.3. The van der Waals surface area contributed by atoms with Crippen LogP contribution in [0.1, 0.15) is 19.4 Å². The average molecular weight is 380 g/mol. The molecule has 0 aliphatic carbocycles. The first kappa shape index (κ1) is 22.8. The van der Waals surface area contributed by atoms with Crippen molar-refractivity contribution >= 4 is 28.3 Å². The third kappa shape index (κ3) is 6.03. The highest BCUT2D eigenvalue weighted by Gasteiger charge is 2.22. The van der Waals surface area contributed by atoms with Crippen molar-refractivity contribution in [3.05, 3.63) is 29.8 Å². The second kappa shape index (κ2) is 9.95. The van der Waals surface area contributed by atoms with E-state index in [9.17, 15) is 13.2 Å². The van der Waals surface area contributed by atoms with Crippen molar-refractivity contribution in [3.8, 4) is 0 Å². The van der Waals surface area contributed by atoms with Gasteiger partial charge in [0.1, 0.15) is 6.04 Å². The summed E-state index contributed by atoms with van der Waals surface area (Å²) in [6.07, 6.45) is 0. The number of nitrogens with zero attached hydrogens (tertiary/aromatic N) is 1. The fourth-order valence-electron chi connectivity index (χ4n) is 1.80. The molecule has 0 aromatic heterocycles. The summed E-state index contributed by atoms with van der Waals surface area (Å²) in [6.45, 7) is 4.04. The van der Waals surface area contributed by atoms with Crippen LogP contribution in [0.2, 0.25) is 0 Å². The topological polar surface area (TPSA) is 102 Å². The Morgan fingerprint density at radius 1 is 1.29 bits per heavy atom. The van der Waals surface area contributed by atoms with Gasteiger partial charge in [0.05, 0.1) is 11.5 Å². The smallest absolute Gasteiger partial charge is 0.243 e. The molecule has 3 N–H and O–H groups in total. The van der Waals surface area contributed by atoms with E-state index in [-0.39, 0.29) is 42.4 Å². The molecular weight excluding hydrogens is 354 g/mol. The van der Waals surface area contributed by atoms with Gasteiger partial charge in [0.25, 0.3) is 0 Å². The van der Waals surface area contributed by atoms with Gasteiger partial charge in [-0.05, 0) is 31.5 Å². The molecule has 0 bridgehead atoms. The Hall–Kier alpha value is -1.19. The normalized spacial score (nSPS) is 12.8. The van der Waals surface area contributed by atoms with Crippen LogP contribution in [0.5, 0.6) is 0 Å². The zero-order valence-corrected chi connectivity index (χ0v) is 16.0. The first-order valence-corrected chi connectivity index (χ1v) is 8.73. The van der Waals surface area contributed by atoms with Crippen molar-refractivity contribution < 1.29 is 17.9 Å². The highest BCUT2D eigenvalue weighted by atomic mass is 35.5. The van der Waals surface area contributed by atoms with Crippen LogP contribution < -0.4 is 11.1 Å². The quantitative estimate of drug-likeness (QED) is 0.693. The van der Waals surface area contributed by atoms with Gasteiger partial charge in [-0.15, -0.1) is 12.4 Å². The summed E-state index contributed by atoms with van der Waals surface area (Å²) in [5.41, 5.74) is 6.40. The number of benzene rings is 1. The molecule has 1 unspecified atom stereocenters. The van der Waals surface area contributed by atoms with Crippen LogP contribution >= 0.6 is 12.4 Å². The monoisotopic (exact) mass is 379 g/mol. The first-order chi connectivity index (χ1) is 10.7. The number of sulfonamides is 1. The Morgan fingerprint density at radius 3 is 2.29 bits per heavy atom. The largest absolute Gasteiger partial charge is 0.383 e. The van der Waals surface area contributed by atoms with Crippen LogP contribution in [0.15, 0.2) is 29.2 Å². The standard InChI is InChI=1S/C15H25N3O4S.ClH/c1-11(2)18(3)23(20,21)13-7-5-12(6-8-13)9-17-15(19)14(16)10-22-4;/h5-8,11,14H,9-10,16H2,1-4H3,(H,17,19);1H. The third-order valence-corrected chi connectivity index (χ3v) is 5.53. The molecule has 1 aromatic rings. The van der Waals surface area contributed by atoms with E-state index in [1.54, 1.807) is 19.2 Å². The zero-order valence-electron chi connectivity index (χ0n) is 14.4. The van der Waals surface area contributed by atoms with Crippen LogP contribution in [0.4, 0.5) is 0 Å². The van der Waals surface area contributed by atoms with Crippen LogP contribution in [-0.2, 0) is 26.1 Å². The summed E-state index contributed by atoms with van der Waals surface area (Å²) in [6, 6.07) is 5.56. The molecule has 9 heteroatoms. The number of rotatable bonds is 8. The van der Waals surface area contributed by atoms with E-state index in [4.69, 9.17) is 10.5 Å². The van der Waals surface area contributed by atoms with Crippen molar-refractivity contribution in [2.75, 3.05) is 20.8 Å². The van der Waals surface area contributed by atoms with Gasteiger partial charge in [0, 0.05) is 26.7 Å². The van der Waals surface area contributed by atoms with Crippen molar-refractivity contribution in [2.45, 2.75) is 37.4 Å².